The van der Waals surface area contributed by atoms with Gasteiger partial charge in [-0.2, -0.15) is 4.98 Å². The summed E-state index contributed by atoms with van der Waals surface area (Å²) in [5, 5.41) is 14.1. The molecule has 2 aromatic heterocycles. The number of likely N-dealkylation sites (tertiary alicyclic amines) is 1. The Morgan fingerprint density at radius 1 is 1.10 bits per heavy atom. The molecular weight excluding hydrogens is 526 g/mol. The number of urea groups is 1. The highest BCUT2D eigenvalue weighted by Gasteiger charge is 2.25. The third-order valence-electron chi connectivity index (χ3n) is 7.46. The van der Waals surface area contributed by atoms with Gasteiger partial charge < -0.3 is 34.4 Å². The van der Waals surface area contributed by atoms with Crippen molar-refractivity contribution in [3.8, 4) is 17.1 Å². The second-order valence-corrected chi connectivity index (χ2v) is 10.1. The lowest BCUT2D eigenvalue weighted by molar-refractivity contribution is -0.122. The fraction of sp³-hybridized carbons (Fsp3) is 0.483. The van der Waals surface area contributed by atoms with Crippen molar-refractivity contribution in [2.24, 2.45) is 5.92 Å². The smallest absolute Gasteiger partial charge is 0.324 e. The Hall–Kier alpha value is -4.19. The molecule has 0 spiro atoms. The molecule has 12 heteroatoms. The second-order valence-electron chi connectivity index (χ2n) is 10.1. The van der Waals surface area contributed by atoms with Gasteiger partial charge in [0.15, 0.2) is 0 Å². The molecule has 5 rings (SSSR count). The number of piperazine rings is 1. The van der Waals surface area contributed by atoms with Crippen molar-refractivity contribution in [1.29, 1.82) is 0 Å². The summed E-state index contributed by atoms with van der Waals surface area (Å²) >= 11 is 0. The Labute approximate surface area is 240 Å². The molecule has 0 unspecified atom stereocenters. The van der Waals surface area contributed by atoms with Gasteiger partial charge >= 0.3 is 12.0 Å². The van der Waals surface area contributed by atoms with Crippen LogP contribution >= 0.6 is 0 Å². The van der Waals surface area contributed by atoms with Crippen LogP contribution in [0, 0.1) is 5.92 Å². The lowest BCUT2D eigenvalue weighted by Crippen LogP contribution is -2.52. The first kappa shape index (κ1) is 29.8. The molecule has 3 aromatic rings. The van der Waals surface area contributed by atoms with E-state index in [0.29, 0.717) is 44.6 Å². The van der Waals surface area contributed by atoms with Crippen molar-refractivity contribution in [3.05, 3.63) is 54.4 Å². The Bertz CT molecular complexity index is 1190. The molecule has 12 nitrogen and oxygen atoms in total. The maximum absolute atomic E-state index is 12.7. The van der Waals surface area contributed by atoms with Gasteiger partial charge in [0.25, 0.3) is 6.47 Å². The van der Waals surface area contributed by atoms with Crippen LogP contribution in [-0.2, 0) is 11.2 Å². The van der Waals surface area contributed by atoms with Crippen molar-refractivity contribution in [2.45, 2.75) is 25.7 Å². The van der Waals surface area contributed by atoms with Gasteiger partial charge in [0.2, 0.25) is 5.82 Å². The zero-order chi connectivity index (χ0) is 28.9. The average molecular weight is 566 g/mol. The number of carboxylic acid groups (broad SMARTS) is 1. The number of amides is 2. The fourth-order valence-electron chi connectivity index (χ4n) is 5.14. The number of nitrogens with zero attached hydrogens (tertiary/aromatic N) is 6. The maximum Gasteiger partial charge on any atom is 0.324 e. The number of piperidine rings is 1. The molecule has 2 saturated heterocycles. The monoisotopic (exact) mass is 565 g/mol. The largest absolute Gasteiger partial charge is 0.497 e. The number of methoxy groups -OCH3 is 1. The van der Waals surface area contributed by atoms with Crippen LogP contribution in [0.15, 0.2) is 53.2 Å². The highest BCUT2D eigenvalue weighted by molar-refractivity contribution is 5.74. The highest BCUT2D eigenvalue weighted by Crippen LogP contribution is 2.23. The third-order valence-corrected chi connectivity index (χ3v) is 7.46. The molecular formula is C29H39N7O5. The third kappa shape index (κ3) is 8.90. The summed E-state index contributed by atoms with van der Waals surface area (Å²) in [5.74, 6) is 2.05. The van der Waals surface area contributed by atoms with Crippen molar-refractivity contribution in [1.82, 2.24) is 30.2 Å². The van der Waals surface area contributed by atoms with E-state index in [4.69, 9.17) is 19.2 Å². The van der Waals surface area contributed by atoms with E-state index >= 15 is 0 Å². The predicted octanol–water partition coefficient (Wildman–Crippen LogP) is 3.02. The van der Waals surface area contributed by atoms with E-state index in [1.807, 2.05) is 46.3 Å². The maximum atomic E-state index is 12.7. The van der Waals surface area contributed by atoms with E-state index in [9.17, 15) is 4.79 Å². The number of hydrogen-bond donors (Lipinski definition) is 2. The summed E-state index contributed by atoms with van der Waals surface area (Å²) in [6.45, 7) is 6.29. The summed E-state index contributed by atoms with van der Waals surface area (Å²) < 4.78 is 10.7. The molecule has 2 fully saturated rings. The molecule has 0 bridgehead atoms. The van der Waals surface area contributed by atoms with Crippen molar-refractivity contribution < 1.29 is 24.0 Å². The average Bonchev–Trinajstić information content (AvgIpc) is 3.52. The Morgan fingerprint density at radius 3 is 2.49 bits per heavy atom. The number of nitrogens with one attached hydrogen (secondary N) is 1. The number of hydrogen-bond acceptors (Lipinski definition) is 9. The zero-order valence-corrected chi connectivity index (χ0v) is 23.5. The number of pyridine rings is 1. The predicted molar refractivity (Wildman–Crippen MR) is 154 cm³/mol. The van der Waals surface area contributed by atoms with E-state index in [0.717, 1.165) is 49.7 Å². The second kappa shape index (κ2) is 15.6. The lowest BCUT2D eigenvalue weighted by Gasteiger charge is -2.34. The molecule has 0 saturated carbocycles. The molecule has 1 aromatic carbocycles. The summed E-state index contributed by atoms with van der Waals surface area (Å²) in [5.41, 5.74) is 2.07. The summed E-state index contributed by atoms with van der Waals surface area (Å²) in [4.78, 5) is 36.4. The fourth-order valence-corrected chi connectivity index (χ4v) is 5.14. The zero-order valence-electron chi connectivity index (χ0n) is 23.5. The molecule has 0 aliphatic carbocycles. The number of aromatic nitrogens is 3. The van der Waals surface area contributed by atoms with Gasteiger partial charge in [-0.05, 0) is 87.6 Å². The van der Waals surface area contributed by atoms with Crippen LogP contribution in [0.3, 0.4) is 0 Å². The minimum Gasteiger partial charge on any atom is -0.497 e. The Morgan fingerprint density at radius 2 is 1.83 bits per heavy atom. The van der Waals surface area contributed by atoms with Gasteiger partial charge in [0.1, 0.15) is 5.75 Å². The molecule has 2 amide bonds. The van der Waals surface area contributed by atoms with E-state index in [1.54, 1.807) is 7.11 Å². The molecule has 0 atom stereocenters. The van der Waals surface area contributed by atoms with Gasteiger partial charge in [0, 0.05) is 50.2 Å². The van der Waals surface area contributed by atoms with Gasteiger partial charge in [-0.1, -0.05) is 11.2 Å². The van der Waals surface area contributed by atoms with Gasteiger partial charge in [-0.3, -0.25) is 9.78 Å². The molecule has 4 heterocycles. The number of rotatable bonds is 9. The molecule has 2 aliphatic heterocycles. The molecule has 220 valence electrons. The number of carbonyl (C=O) groups is 2. The quantitative estimate of drug-likeness (QED) is 0.294. The molecule has 41 heavy (non-hydrogen) atoms. The minimum absolute atomic E-state index is 0.00294. The Kier molecular flexibility index (Phi) is 11.3. The van der Waals surface area contributed by atoms with Crippen LogP contribution in [0.1, 0.15) is 25.0 Å². The van der Waals surface area contributed by atoms with Crippen molar-refractivity contribution in [3.63, 3.8) is 0 Å². The number of anilines is 1. The number of benzene rings is 1. The van der Waals surface area contributed by atoms with Crippen LogP contribution in [0.4, 0.5) is 10.8 Å². The summed E-state index contributed by atoms with van der Waals surface area (Å²) in [7, 11) is 1.64. The number of carbonyl (C=O) groups excluding carboxylic acids is 1. The normalized spacial score (nSPS) is 16.0. The van der Waals surface area contributed by atoms with Crippen LogP contribution in [0.2, 0.25) is 0 Å². The van der Waals surface area contributed by atoms with Crippen LogP contribution in [-0.4, -0.2) is 102 Å². The van der Waals surface area contributed by atoms with Gasteiger partial charge in [-0.15, -0.1) is 0 Å². The molecule has 2 N–H and O–H groups in total. The summed E-state index contributed by atoms with van der Waals surface area (Å²) in [6.07, 6.45) is 6.36. The topological polar surface area (TPSA) is 137 Å². The van der Waals surface area contributed by atoms with Crippen LogP contribution in [0.5, 0.6) is 5.75 Å². The summed E-state index contributed by atoms with van der Waals surface area (Å²) in [6, 6.07) is 14.2. The minimum atomic E-state index is -0.250. The first-order chi connectivity index (χ1) is 20.1. The standard InChI is InChI=1S/C28H37N7O3.CH2O2/c1-37-25-8-6-23(7-9-25)26-31-28(38-32-26)35-19-17-34(18-20-35)27(36)30-13-4-14-33-15-10-22(11-16-33)21-24-5-2-3-12-29-24;2-1-3/h2-3,5-9,12,22H,4,10-11,13-21H2,1H3,(H,30,36);1H,(H,2,3). The van der Waals surface area contributed by atoms with E-state index in [-0.39, 0.29) is 12.5 Å². The first-order valence-electron chi connectivity index (χ1n) is 14.1. The Balaban J connectivity index is 0.00000124. The highest BCUT2D eigenvalue weighted by atomic mass is 16.5. The lowest BCUT2D eigenvalue weighted by atomic mass is 9.92. The van der Waals surface area contributed by atoms with E-state index < -0.39 is 0 Å². The molecule has 2 aliphatic rings. The van der Waals surface area contributed by atoms with Crippen LogP contribution in [0.25, 0.3) is 11.4 Å². The van der Waals surface area contributed by atoms with Gasteiger partial charge in [0.05, 0.1) is 7.11 Å². The first-order valence-corrected chi connectivity index (χ1v) is 14.1. The SMILES string of the molecule is COc1ccc(-c2noc(N3CCN(C(=O)NCCCN4CCC(Cc5ccccn5)CC4)CC3)n2)cc1.O=CO. The van der Waals surface area contributed by atoms with Gasteiger partial charge in [-0.25, -0.2) is 4.79 Å². The number of ether oxygens (including phenoxy) is 1. The van der Waals surface area contributed by atoms with Crippen molar-refractivity contribution in [2.75, 3.05) is 64.4 Å². The van der Waals surface area contributed by atoms with E-state index in [1.165, 1.54) is 18.5 Å². The van der Waals surface area contributed by atoms with Crippen LogP contribution < -0.4 is 15.0 Å². The van der Waals surface area contributed by atoms with Crippen molar-refractivity contribution >= 4 is 18.5 Å². The molecule has 0 radical (unpaired) electrons. The van der Waals surface area contributed by atoms with E-state index in [2.05, 4.69) is 37.5 Å².